The number of hydrogen-bond donors (Lipinski definition) is 0. The lowest BCUT2D eigenvalue weighted by molar-refractivity contribution is 0.634. The van der Waals surface area contributed by atoms with Crippen LogP contribution in [0.5, 0.6) is 0 Å². The second-order valence-electron chi connectivity index (χ2n) is 4.33. The molecule has 0 radical (unpaired) electrons. The van der Waals surface area contributed by atoms with E-state index < -0.39 is 8.07 Å². The monoisotopic (exact) mass is 216 g/mol. The van der Waals surface area contributed by atoms with Crippen molar-refractivity contribution in [2.24, 2.45) is 0 Å². The summed E-state index contributed by atoms with van der Waals surface area (Å²) in [5.41, 5.74) is 0.807. The third-order valence-corrected chi connectivity index (χ3v) is 4.46. The molecule has 0 atom stereocenters. The van der Waals surface area contributed by atoms with Crippen LogP contribution in [-0.4, -0.2) is 8.07 Å². The molecule has 0 spiro atoms. The molecule has 0 N–H and O–H groups in total. The van der Waals surface area contributed by atoms with Crippen LogP contribution in [0.3, 0.4) is 0 Å². The zero-order valence-corrected chi connectivity index (χ0v) is 10.2. The summed E-state index contributed by atoms with van der Waals surface area (Å²) in [6.07, 6.45) is 0. The van der Waals surface area contributed by atoms with Crippen LogP contribution in [0.2, 0.25) is 24.7 Å². The fourth-order valence-electron chi connectivity index (χ4n) is 1.22. The first-order valence-corrected chi connectivity index (χ1v) is 8.16. The Morgan fingerprint density at radius 1 is 1.23 bits per heavy atom. The van der Waals surface area contributed by atoms with Gasteiger partial charge in [0.1, 0.15) is 5.82 Å². The fourth-order valence-corrected chi connectivity index (χ4v) is 2.84. The molecule has 1 aromatic rings. The van der Waals surface area contributed by atoms with Gasteiger partial charge in [0.05, 0.1) is 8.07 Å². The Bertz CT molecular complexity index is 328. The molecule has 0 heterocycles. The second kappa shape index (κ2) is 3.43. The predicted octanol–water partition coefficient (Wildman–Crippen LogP) is 3.33. The summed E-state index contributed by atoms with van der Waals surface area (Å²) in [6.45, 7) is 8.14. The van der Waals surface area contributed by atoms with Crippen LogP contribution >= 0.6 is 11.6 Å². The Kier molecular flexibility index (Phi) is 2.83. The average Bonchev–Trinajstić information content (AvgIpc) is 1.94. The van der Waals surface area contributed by atoms with Gasteiger partial charge in [-0.2, -0.15) is 0 Å². The molecule has 0 fully saturated rings. The van der Waals surface area contributed by atoms with E-state index in [9.17, 15) is 4.39 Å². The van der Waals surface area contributed by atoms with E-state index in [4.69, 9.17) is 11.6 Å². The number of hydrogen-bond acceptors (Lipinski definition) is 0. The zero-order chi connectivity index (χ0) is 10.2. The normalized spacial score (nSPS) is 11.8. The molecule has 0 saturated heterocycles. The molecule has 0 aliphatic rings. The highest BCUT2D eigenvalue weighted by Gasteiger charge is 2.21. The molecule has 3 heteroatoms. The number of halogens is 2. The quantitative estimate of drug-likeness (QED) is 0.632. The molecule has 0 aliphatic carbocycles. The van der Waals surface area contributed by atoms with Crippen molar-refractivity contribution in [3.8, 4) is 0 Å². The van der Waals surface area contributed by atoms with Crippen LogP contribution in [0.1, 0.15) is 5.56 Å². The molecule has 0 saturated carbocycles. The van der Waals surface area contributed by atoms with E-state index in [1.807, 2.05) is 6.92 Å². The lowest BCUT2D eigenvalue weighted by Gasteiger charge is -2.18. The molecule has 0 aromatic heterocycles. The van der Waals surface area contributed by atoms with Crippen molar-refractivity contribution in [3.63, 3.8) is 0 Å². The number of aryl methyl sites for hydroxylation is 1. The number of rotatable bonds is 1. The standard InChI is InChI=1S/C10H14ClFSi/c1-7-5-9(12)10(6-8(7)11)13(2,3)4/h5-6H,1-4H3. The lowest BCUT2D eigenvalue weighted by atomic mass is 10.2. The maximum atomic E-state index is 13.5. The van der Waals surface area contributed by atoms with E-state index in [1.165, 1.54) is 6.07 Å². The zero-order valence-electron chi connectivity index (χ0n) is 8.41. The summed E-state index contributed by atoms with van der Waals surface area (Å²) >= 11 is 5.95. The molecule has 1 rings (SSSR count). The maximum Gasteiger partial charge on any atom is 0.122 e. The SMILES string of the molecule is Cc1cc(F)c([Si](C)(C)C)cc1Cl. The van der Waals surface area contributed by atoms with Gasteiger partial charge >= 0.3 is 0 Å². The van der Waals surface area contributed by atoms with E-state index in [1.54, 1.807) is 6.07 Å². The first kappa shape index (κ1) is 10.7. The van der Waals surface area contributed by atoms with Gasteiger partial charge in [-0.3, -0.25) is 0 Å². The van der Waals surface area contributed by atoms with Crippen molar-refractivity contribution in [2.75, 3.05) is 0 Å². The molecular formula is C10H14ClFSi. The molecule has 1 aromatic carbocycles. The summed E-state index contributed by atoms with van der Waals surface area (Å²) in [4.78, 5) is 0. The Morgan fingerprint density at radius 3 is 2.23 bits per heavy atom. The Hall–Kier alpha value is -0.343. The van der Waals surface area contributed by atoms with Gasteiger partial charge in [-0.25, -0.2) is 4.39 Å². The van der Waals surface area contributed by atoms with Crippen LogP contribution in [-0.2, 0) is 0 Å². The van der Waals surface area contributed by atoms with Gasteiger partial charge in [0.2, 0.25) is 0 Å². The van der Waals surface area contributed by atoms with E-state index in [2.05, 4.69) is 19.6 Å². The second-order valence-corrected chi connectivity index (χ2v) is 9.78. The molecule has 0 amide bonds. The Balaban J connectivity index is 3.32. The molecule has 0 aliphatic heterocycles. The van der Waals surface area contributed by atoms with Crippen molar-refractivity contribution in [2.45, 2.75) is 26.6 Å². The summed E-state index contributed by atoms with van der Waals surface area (Å²) in [7, 11) is -1.59. The minimum absolute atomic E-state index is 0.110. The van der Waals surface area contributed by atoms with E-state index >= 15 is 0 Å². The highest BCUT2D eigenvalue weighted by atomic mass is 35.5. The molecular weight excluding hydrogens is 203 g/mol. The minimum atomic E-state index is -1.59. The lowest BCUT2D eigenvalue weighted by Crippen LogP contribution is -2.40. The summed E-state index contributed by atoms with van der Waals surface area (Å²) < 4.78 is 13.5. The van der Waals surface area contributed by atoms with E-state index in [0.29, 0.717) is 5.02 Å². The molecule has 0 bridgehead atoms. The van der Waals surface area contributed by atoms with Crippen molar-refractivity contribution >= 4 is 24.9 Å². The summed E-state index contributed by atoms with van der Waals surface area (Å²) in [5, 5.41) is 1.47. The topological polar surface area (TPSA) is 0 Å². The van der Waals surface area contributed by atoms with Crippen molar-refractivity contribution in [1.29, 1.82) is 0 Å². The molecule has 72 valence electrons. The van der Waals surface area contributed by atoms with E-state index in [0.717, 1.165) is 10.8 Å². The van der Waals surface area contributed by atoms with Gasteiger partial charge in [0, 0.05) is 5.02 Å². The van der Waals surface area contributed by atoms with Crippen LogP contribution in [0.4, 0.5) is 4.39 Å². The molecule has 0 nitrogen and oxygen atoms in total. The highest BCUT2D eigenvalue weighted by Crippen LogP contribution is 2.17. The van der Waals surface area contributed by atoms with Gasteiger partial charge in [0.25, 0.3) is 0 Å². The van der Waals surface area contributed by atoms with Crippen LogP contribution in [0.15, 0.2) is 12.1 Å². The molecule has 13 heavy (non-hydrogen) atoms. The van der Waals surface area contributed by atoms with Crippen LogP contribution < -0.4 is 5.19 Å². The largest absolute Gasteiger partial charge is 0.207 e. The van der Waals surface area contributed by atoms with Gasteiger partial charge in [-0.1, -0.05) is 31.2 Å². The maximum absolute atomic E-state index is 13.5. The summed E-state index contributed by atoms with van der Waals surface area (Å²) in [6, 6.07) is 3.30. The average molecular weight is 217 g/mol. The van der Waals surface area contributed by atoms with Crippen molar-refractivity contribution < 1.29 is 4.39 Å². The van der Waals surface area contributed by atoms with Gasteiger partial charge in [0.15, 0.2) is 0 Å². The van der Waals surface area contributed by atoms with Crippen LogP contribution in [0, 0.1) is 12.7 Å². The third-order valence-electron chi connectivity index (χ3n) is 2.06. The van der Waals surface area contributed by atoms with Crippen LogP contribution in [0.25, 0.3) is 0 Å². The van der Waals surface area contributed by atoms with Gasteiger partial charge in [-0.05, 0) is 29.8 Å². The Morgan fingerprint density at radius 2 is 1.77 bits per heavy atom. The van der Waals surface area contributed by atoms with Gasteiger partial charge < -0.3 is 0 Å². The minimum Gasteiger partial charge on any atom is -0.207 e. The highest BCUT2D eigenvalue weighted by molar-refractivity contribution is 6.88. The van der Waals surface area contributed by atoms with Crippen molar-refractivity contribution in [1.82, 2.24) is 0 Å². The smallest absolute Gasteiger partial charge is 0.122 e. The summed E-state index contributed by atoms with van der Waals surface area (Å²) in [5.74, 6) is -0.110. The first-order chi connectivity index (χ1) is 5.82. The Labute approximate surface area is 84.7 Å². The first-order valence-electron chi connectivity index (χ1n) is 4.28. The van der Waals surface area contributed by atoms with E-state index in [-0.39, 0.29) is 5.82 Å². The number of benzene rings is 1. The predicted molar refractivity (Wildman–Crippen MR) is 59.1 cm³/mol. The van der Waals surface area contributed by atoms with Crippen molar-refractivity contribution in [3.05, 3.63) is 28.5 Å². The molecule has 0 unspecified atom stereocenters. The third kappa shape index (κ3) is 2.32. The van der Waals surface area contributed by atoms with Gasteiger partial charge in [-0.15, -0.1) is 0 Å². The fraction of sp³-hybridized carbons (Fsp3) is 0.400.